The van der Waals surface area contributed by atoms with Crippen molar-refractivity contribution in [2.75, 3.05) is 19.6 Å². The maximum absolute atomic E-state index is 11.9. The van der Waals surface area contributed by atoms with Crippen LogP contribution in [0.4, 0.5) is 0 Å². The van der Waals surface area contributed by atoms with Crippen molar-refractivity contribution in [2.24, 2.45) is 0 Å². The first-order chi connectivity index (χ1) is 8.10. The van der Waals surface area contributed by atoms with Crippen molar-refractivity contribution in [3.8, 4) is 0 Å². The molecule has 0 spiro atoms. The lowest BCUT2D eigenvalue weighted by molar-refractivity contribution is 0.0941. The normalized spacial score (nSPS) is 12.8. The highest BCUT2D eigenvalue weighted by Gasteiger charge is 2.14. The molecule has 96 valence electrons. The highest BCUT2D eigenvalue weighted by atomic mass is 32.1. The summed E-state index contributed by atoms with van der Waals surface area (Å²) in [7, 11) is 0. The van der Waals surface area contributed by atoms with Crippen LogP contribution < -0.4 is 5.32 Å². The molecule has 1 atom stereocenters. The quantitative estimate of drug-likeness (QED) is 0.844. The number of nitrogens with zero attached hydrogens (tertiary/aromatic N) is 2. The number of likely N-dealkylation sites (N-methyl/N-ethyl adjacent to an activating group) is 1. The van der Waals surface area contributed by atoms with Gasteiger partial charge in [0.2, 0.25) is 0 Å². The smallest absolute Gasteiger partial charge is 0.263 e. The second-order valence-electron chi connectivity index (χ2n) is 4.05. The first-order valence-corrected chi connectivity index (χ1v) is 6.90. The van der Waals surface area contributed by atoms with Crippen LogP contribution in [0.15, 0.2) is 5.51 Å². The van der Waals surface area contributed by atoms with Crippen LogP contribution in [0.1, 0.15) is 36.1 Å². The molecule has 0 radical (unpaired) electrons. The van der Waals surface area contributed by atoms with Gasteiger partial charge in [-0.15, -0.1) is 11.3 Å². The maximum Gasteiger partial charge on any atom is 0.263 e. The van der Waals surface area contributed by atoms with E-state index in [1.165, 1.54) is 11.3 Å². The molecule has 1 N–H and O–H groups in total. The summed E-state index contributed by atoms with van der Waals surface area (Å²) < 4.78 is 0. The third kappa shape index (κ3) is 3.78. The Labute approximate surface area is 107 Å². The van der Waals surface area contributed by atoms with Gasteiger partial charge in [-0.05, 0) is 26.9 Å². The van der Waals surface area contributed by atoms with E-state index in [1.807, 2.05) is 6.92 Å². The van der Waals surface area contributed by atoms with Gasteiger partial charge in [-0.3, -0.25) is 9.69 Å². The van der Waals surface area contributed by atoms with Crippen LogP contribution in [0.25, 0.3) is 0 Å². The SMILES string of the molecule is CCN(CC)C(C)CNC(=O)c1scnc1C. The van der Waals surface area contributed by atoms with E-state index in [4.69, 9.17) is 0 Å². The van der Waals surface area contributed by atoms with E-state index in [0.717, 1.165) is 23.7 Å². The molecule has 1 heterocycles. The lowest BCUT2D eigenvalue weighted by atomic mass is 10.2. The summed E-state index contributed by atoms with van der Waals surface area (Å²) in [6, 6.07) is 0.363. The summed E-state index contributed by atoms with van der Waals surface area (Å²) in [6.07, 6.45) is 0. The number of amides is 1. The molecule has 0 aliphatic rings. The van der Waals surface area contributed by atoms with Gasteiger partial charge in [0.1, 0.15) is 4.88 Å². The van der Waals surface area contributed by atoms with Crippen molar-refractivity contribution in [3.05, 3.63) is 16.1 Å². The Hall–Kier alpha value is -0.940. The zero-order chi connectivity index (χ0) is 12.8. The summed E-state index contributed by atoms with van der Waals surface area (Å²) >= 11 is 1.39. The molecule has 1 aromatic rings. The number of carbonyl (C=O) groups excluding carboxylic acids is 1. The predicted molar refractivity (Wildman–Crippen MR) is 71.6 cm³/mol. The fraction of sp³-hybridized carbons (Fsp3) is 0.667. The van der Waals surface area contributed by atoms with Gasteiger partial charge in [-0.1, -0.05) is 13.8 Å². The molecule has 1 rings (SSSR count). The first-order valence-electron chi connectivity index (χ1n) is 6.02. The maximum atomic E-state index is 11.9. The molecule has 5 heteroatoms. The summed E-state index contributed by atoms with van der Waals surface area (Å²) in [4.78, 5) is 19.0. The van der Waals surface area contributed by atoms with Gasteiger partial charge in [0.15, 0.2) is 0 Å². The standard InChI is InChI=1S/C12H21N3OS/c1-5-15(6-2)9(3)7-13-12(16)11-10(4)14-8-17-11/h8-9H,5-7H2,1-4H3,(H,13,16). The lowest BCUT2D eigenvalue weighted by Crippen LogP contribution is -2.41. The number of nitrogens with one attached hydrogen (secondary N) is 1. The number of aryl methyl sites for hydroxylation is 1. The second kappa shape index (κ2) is 6.71. The summed E-state index contributed by atoms with van der Waals surface area (Å²) in [5.74, 6) is -0.0102. The molecule has 0 bridgehead atoms. The van der Waals surface area contributed by atoms with Crippen molar-refractivity contribution >= 4 is 17.2 Å². The van der Waals surface area contributed by atoms with Gasteiger partial charge in [0.25, 0.3) is 5.91 Å². The van der Waals surface area contributed by atoms with Gasteiger partial charge in [0.05, 0.1) is 11.2 Å². The Morgan fingerprint density at radius 3 is 2.65 bits per heavy atom. The Bertz CT molecular complexity index is 360. The van der Waals surface area contributed by atoms with Crippen molar-refractivity contribution in [1.29, 1.82) is 0 Å². The molecular weight excluding hydrogens is 234 g/mol. The van der Waals surface area contributed by atoms with Crippen molar-refractivity contribution < 1.29 is 4.79 Å². The van der Waals surface area contributed by atoms with Crippen molar-refractivity contribution in [2.45, 2.75) is 33.7 Å². The third-order valence-corrected chi connectivity index (χ3v) is 3.87. The third-order valence-electron chi connectivity index (χ3n) is 2.95. The van der Waals surface area contributed by atoms with Crippen LogP contribution in [-0.2, 0) is 0 Å². The molecule has 0 saturated heterocycles. The van der Waals surface area contributed by atoms with Crippen LogP contribution in [0.5, 0.6) is 0 Å². The van der Waals surface area contributed by atoms with Gasteiger partial charge in [-0.2, -0.15) is 0 Å². The number of thiazole rings is 1. The van der Waals surface area contributed by atoms with E-state index < -0.39 is 0 Å². The summed E-state index contributed by atoms with van der Waals surface area (Å²) in [5, 5.41) is 2.96. The van der Waals surface area contributed by atoms with Crippen LogP contribution in [-0.4, -0.2) is 41.5 Å². The van der Waals surface area contributed by atoms with Crippen LogP contribution in [0.2, 0.25) is 0 Å². The van der Waals surface area contributed by atoms with E-state index in [2.05, 4.69) is 36.0 Å². The lowest BCUT2D eigenvalue weighted by Gasteiger charge is -2.26. The number of rotatable bonds is 6. The molecule has 1 aromatic heterocycles. The molecule has 1 amide bonds. The molecule has 0 aliphatic carbocycles. The number of hydrogen-bond donors (Lipinski definition) is 1. The highest BCUT2D eigenvalue weighted by molar-refractivity contribution is 7.11. The molecule has 4 nitrogen and oxygen atoms in total. The van der Waals surface area contributed by atoms with Crippen molar-refractivity contribution in [3.63, 3.8) is 0 Å². The van der Waals surface area contributed by atoms with Gasteiger partial charge >= 0.3 is 0 Å². The minimum Gasteiger partial charge on any atom is -0.350 e. The highest BCUT2D eigenvalue weighted by Crippen LogP contribution is 2.11. The Balaban J connectivity index is 2.46. The van der Waals surface area contributed by atoms with Crippen LogP contribution in [0, 0.1) is 6.92 Å². The Kier molecular flexibility index (Phi) is 5.58. The Morgan fingerprint density at radius 1 is 1.53 bits per heavy atom. The molecule has 17 heavy (non-hydrogen) atoms. The molecule has 0 fully saturated rings. The van der Waals surface area contributed by atoms with E-state index >= 15 is 0 Å². The second-order valence-corrected chi connectivity index (χ2v) is 4.90. The van der Waals surface area contributed by atoms with Crippen molar-refractivity contribution in [1.82, 2.24) is 15.2 Å². The van der Waals surface area contributed by atoms with E-state index in [-0.39, 0.29) is 5.91 Å². The minimum absolute atomic E-state index is 0.0102. The number of hydrogen-bond acceptors (Lipinski definition) is 4. The summed E-state index contributed by atoms with van der Waals surface area (Å²) in [5.41, 5.74) is 2.51. The zero-order valence-electron chi connectivity index (χ0n) is 11.0. The minimum atomic E-state index is -0.0102. The van der Waals surface area contributed by atoms with Gasteiger partial charge in [-0.25, -0.2) is 4.98 Å². The first kappa shape index (κ1) is 14.1. The van der Waals surface area contributed by atoms with Crippen LogP contribution in [0.3, 0.4) is 0 Å². The summed E-state index contributed by atoms with van der Waals surface area (Å²) in [6.45, 7) is 11.0. The van der Waals surface area contributed by atoms with E-state index in [9.17, 15) is 4.79 Å². The monoisotopic (exact) mass is 255 g/mol. The zero-order valence-corrected chi connectivity index (χ0v) is 11.8. The van der Waals surface area contributed by atoms with E-state index in [1.54, 1.807) is 5.51 Å². The van der Waals surface area contributed by atoms with Gasteiger partial charge in [0, 0.05) is 12.6 Å². The van der Waals surface area contributed by atoms with Crippen LogP contribution >= 0.6 is 11.3 Å². The molecule has 0 aromatic carbocycles. The molecular formula is C12H21N3OS. The van der Waals surface area contributed by atoms with E-state index in [0.29, 0.717) is 12.6 Å². The largest absolute Gasteiger partial charge is 0.350 e. The molecule has 0 saturated carbocycles. The number of aromatic nitrogens is 1. The fourth-order valence-corrected chi connectivity index (χ4v) is 2.54. The molecule has 0 aliphatic heterocycles. The topological polar surface area (TPSA) is 45.2 Å². The average molecular weight is 255 g/mol. The average Bonchev–Trinajstić information content (AvgIpc) is 2.74. The van der Waals surface area contributed by atoms with Gasteiger partial charge < -0.3 is 5.32 Å². The predicted octanol–water partition coefficient (Wildman–Crippen LogP) is 1.91. The Morgan fingerprint density at radius 2 is 2.18 bits per heavy atom. The molecule has 1 unspecified atom stereocenters. The number of carbonyl (C=O) groups is 1. The fourth-order valence-electron chi connectivity index (χ4n) is 1.82.